The van der Waals surface area contributed by atoms with Gasteiger partial charge < -0.3 is 75.7 Å². The van der Waals surface area contributed by atoms with Crippen molar-refractivity contribution in [2.24, 2.45) is 34.8 Å². The molecule has 0 saturated carbocycles. The van der Waals surface area contributed by atoms with Gasteiger partial charge in [0, 0.05) is 18.6 Å². The summed E-state index contributed by atoms with van der Waals surface area (Å²) < 4.78 is 0. The Bertz CT molecular complexity index is 1960. The maximum Gasteiger partial charge on any atom is 0.328 e. The summed E-state index contributed by atoms with van der Waals surface area (Å²) >= 11 is 4.28. The van der Waals surface area contributed by atoms with Crippen LogP contribution in [-0.4, -0.2) is 149 Å². The molecule has 0 heterocycles. The first-order valence-corrected chi connectivity index (χ1v) is 25.4. The summed E-state index contributed by atoms with van der Waals surface area (Å²) in [5.74, 6) is -9.36. The number of carboxylic acids is 1. The van der Waals surface area contributed by atoms with Gasteiger partial charge in [0.2, 0.25) is 53.2 Å². The van der Waals surface area contributed by atoms with E-state index in [-0.39, 0.29) is 56.2 Å². The lowest BCUT2D eigenvalue weighted by Crippen LogP contribution is -2.61. The standard InChI is InChI=1S/C48H82N12O12S/c1-26(2)22-34(44(67)53-28(5)40(63)54-32(17-11-13-21-50)43(66)60-39(29(6)61)48(71)72)57-42(65)33(18-19-38(52)62)55-47(70)37(25-73)59-46(69)36(24-30-14-8-7-9-15-30)58-45(68)35(23-27(3)4)56-41(64)31(51)16-10-12-20-49/h7-9,14-15,26-29,31-37,39,61,73H,10-13,16-25,49-51H2,1-6H3,(H2,52,62)(H,53,67)(H,54,63)(H,55,70)(H,56,64)(H,57,65)(H,58,68)(H,59,69)(H,60,66)(H,71,72)/t28-,29+,31-,32-,33-,34-,35-,36-,37-,39-/m0/s1. The fourth-order valence-corrected chi connectivity index (χ4v) is 7.56. The third-order valence-corrected chi connectivity index (χ3v) is 11.8. The van der Waals surface area contributed by atoms with E-state index in [4.69, 9.17) is 22.9 Å². The number of benzene rings is 1. The molecule has 9 amide bonds. The largest absolute Gasteiger partial charge is 0.480 e. The van der Waals surface area contributed by atoms with E-state index in [9.17, 15) is 58.2 Å². The zero-order valence-corrected chi connectivity index (χ0v) is 43.8. The minimum atomic E-state index is -1.67. The molecule has 0 bridgehead atoms. The number of unbranched alkanes of at least 4 members (excludes halogenated alkanes) is 2. The summed E-state index contributed by atoms with van der Waals surface area (Å²) in [6.07, 6.45) is 0.485. The molecule has 24 nitrogen and oxygen atoms in total. The van der Waals surface area contributed by atoms with Gasteiger partial charge >= 0.3 is 5.97 Å². The van der Waals surface area contributed by atoms with Gasteiger partial charge in [0.25, 0.3) is 0 Å². The molecule has 0 aliphatic heterocycles. The van der Waals surface area contributed by atoms with Gasteiger partial charge in [0.15, 0.2) is 6.04 Å². The minimum Gasteiger partial charge on any atom is -0.480 e. The molecule has 1 rings (SSSR count). The highest BCUT2D eigenvalue weighted by Crippen LogP contribution is 2.12. The third-order valence-electron chi connectivity index (χ3n) is 11.4. The molecule has 412 valence electrons. The first-order valence-electron chi connectivity index (χ1n) is 24.8. The fraction of sp³-hybridized carbons (Fsp3) is 0.667. The summed E-state index contributed by atoms with van der Waals surface area (Å²) in [7, 11) is 0. The number of nitrogens with two attached hydrogens (primary N) is 4. The van der Waals surface area contributed by atoms with E-state index in [0.717, 1.165) is 0 Å². The van der Waals surface area contributed by atoms with Gasteiger partial charge in [-0.15, -0.1) is 0 Å². The molecule has 73 heavy (non-hydrogen) atoms. The molecular weight excluding hydrogens is 969 g/mol. The van der Waals surface area contributed by atoms with Crippen molar-refractivity contribution in [3.05, 3.63) is 35.9 Å². The van der Waals surface area contributed by atoms with E-state index >= 15 is 0 Å². The zero-order chi connectivity index (χ0) is 55.4. The Labute approximate surface area is 433 Å². The zero-order valence-electron chi connectivity index (χ0n) is 42.9. The van der Waals surface area contributed by atoms with Crippen LogP contribution < -0.4 is 65.5 Å². The average Bonchev–Trinajstić information content (AvgIpc) is 3.31. The normalized spacial score (nSPS) is 15.4. The van der Waals surface area contributed by atoms with Crippen molar-refractivity contribution in [1.82, 2.24) is 42.5 Å². The molecule has 1 aromatic rings. The van der Waals surface area contributed by atoms with Crippen LogP contribution in [-0.2, 0) is 54.4 Å². The monoisotopic (exact) mass is 1050 g/mol. The van der Waals surface area contributed by atoms with Crippen LogP contribution in [0.1, 0.15) is 111 Å². The van der Waals surface area contributed by atoms with E-state index in [0.29, 0.717) is 44.2 Å². The quantitative estimate of drug-likeness (QED) is 0.0243. The number of hydrogen-bond donors (Lipinski definition) is 15. The summed E-state index contributed by atoms with van der Waals surface area (Å²) in [6.45, 7) is 10.4. The number of primary amides is 1. The van der Waals surface area contributed by atoms with E-state index in [1.165, 1.54) is 13.8 Å². The van der Waals surface area contributed by atoms with Crippen LogP contribution in [0.2, 0.25) is 0 Å². The Kier molecular flexibility index (Phi) is 30.8. The molecule has 0 aliphatic carbocycles. The molecule has 0 saturated heterocycles. The predicted molar refractivity (Wildman–Crippen MR) is 276 cm³/mol. The van der Waals surface area contributed by atoms with Gasteiger partial charge in [-0.25, -0.2) is 4.79 Å². The van der Waals surface area contributed by atoms with Gasteiger partial charge in [-0.3, -0.25) is 43.2 Å². The Morgan fingerprint density at radius 3 is 1.47 bits per heavy atom. The number of hydrogen-bond acceptors (Lipinski definition) is 15. The van der Waals surface area contributed by atoms with Crippen LogP contribution in [0.15, 0.2) is 30.3 Å². The minimum absolute atomic E-state index is 0.0234. The van der Waals surface area contributed by atoms with Gasteiger partial charge in [-0.05, 0) is 95.7 Å². The number of thiol groups is 1. The predicted octanol–water partition coefficient (Wildman–Crippen LogP) is -2.53. The highest BCUT2D eigenvalue weighted by Gasteiger charge is 2.35. The maximum atomic E-state index is 14.1. The van der Waals surface area contributed by atoms with Crippen molar-refractivity contribution < 1.29 is 58.2 Å². The van der Waals surface area contributed by atoms with Crippen molar-refractivity contribution in [2.75, 3.05) is 18.8 Å². The van der Waals surface area contributed by atoms with Crippen LogP contribution in [0.3, 0.4) is 0 Å². The summed E-state index contributed by atoms with van der Waals surface area (Å²) in [6, 6.07) is -3.08. The Balaban J connectivity index is 3.36. The van der Waals surface area contributed by atoms with Crippen molar-refractivity contribution >= 4 is 71.8 Å². The van der Waals surface area contributed by atoms with Gasteiger partial charge in [-0.2, -0.15) is 12.6 Å². The highest BCUT2D eigenvalue weighted by atomic mass is 32.1. The van der Waals surface area contributed by atoms with E-state index < -0.39 is 126 Å². The SMILES string of the molecule is CC(C)C[C@H](NC(=O)[C@H](CCC(N)=O)NC(=O)[C@H](CS)NC(=O)[C@H](Cc1ccccc1)NC(=O)[C@H](CC(C)C)NC(=O)[C@@H](N)CCCCN)C(=O)N[C@@H](C)C(=O)N[C@@H](CCCCN)C(=O)N[C@H](C(=O)O)[C@@H](C)O. The number of aliphatic hydroxyl groups is 1. The highest BCUT2D eigenvalue weighted by molar-refractivity contribution is 7.80. The van der Waals surface area contributed by atoms with Crippen LogP contribution in [0.4, 0.5) is 0 Å². The number of nitrogens with one attached hydrogen (secondary N) is 8. The number of carbonyl (C=O) groups excluding carboxylic acids is 9. The number of amides is 9. The number of aliphatic carboxylic acids is 1. The Hall–Kier alpha value is -5.89. The molecular formula is C48H82N12O12S. The first kappa shape index (κ1) is 65.1. The van der Waals surface area contributed by atoms with E-state index in [1.807, 2.05) is 13.8 Å². The van der Waals surface area contributed by atoms with Crippen molar-refractivity contribution in [2.45, 2.75) is 173 Å². The second kappa shape index (κ2) is 34.5. The van der Waals surface area contributed by atoms with Crippen LogP contribution in [0.5, 0.6) is 0 Å². The van der Waals surface area contributed by atoms with Crippen molar-refractivity contribution in [3.8, 4) is 0 Å². The summed E-state index contributed by atoms with van der Waals surface area (Å²) in [5, 5.41) is 39.7. The van der Waals surface area contributed by atoms with Crippen LogP contribution >= 0.6 is 12.6 Å². The summed E-state index contributed by atoms with van der Waals surface area (Å²) in [4.78, 5) is 133. The Morgan fingerprint density at radius 2 is 0.959 bits per heavy atom. The molecule has 0 unspecified atom stereocenters. The first-order chi connectivity index (χ1) is 34.3. The van der Waals surface area contributed by atoms with E-state index in [2.05, 4.69) is 55.2 Å². The summed E-state index contributed by atoms with van der Waals surface area (Å²) in [5.41, 5.74) is 23.3. The molecule has 0 aliphatic rings. The number of rotatable bonds is 36. The van der Waals surface area contributed by atoms with Crippen LogP contribution in [0.25, 0.3) is 0 Å². The second-order valence-corrected chi connectivity index (χ2v) is 19.3. The maximum absolute atomic E-state index is 14.1. The third kappa shape index (κ3) is 25.6. The molecule has 18 N–H and O–H groups in total. The molecule has 0 spiro atoms. The molecule has 25 heteroatoms. The van der Waals surface area contributed by atoms with Crippen molar-refractivity contribution in [3.63, 3.8) is 0 Å². The number of aliphatic hydroxyl groups excluding tert-OH is 1. The fourth-order valence-electron chi connectivity index (χ4n) is 7.30. The number of carbonyl (C=O) groups is 10. The molecule has 0 radical (unpaired) electrons. The topological polar surface area (TPSA) is 411 Å². The van der Waals surface area contributed by atoms with Crippen LogP contribution in [0, 0.1) is 11.8 Å². The molecule has 1 aromatic carbocycles. The molecule has 10 atom stereocenters. The molecule has 0 aromatic heterocycles. The molecule has 0 fully saturated rings. The lowest BCUT2D eigenvalue weighted by molar-refractivity contribution is -0.145. The van der Waals surface area contributed by atoms with Crippen molar-refractivity contribution in [1.29, 1.82) is 0 Å². The lowest BCUT2D eigenvalue weighted by Gasteiger charge is -2.28. The second-order valence-electron chi connectivity index (χ2n) is 19.0. The van der Waals surface area contributed by atoms with Gasteiger partial charge in [0.1, 0.15) is 42.3 Å². The van der Waals surface area contributed by atoms with Gasteiger partial charge in [-0.1, -0.05) is 64.4 Å². The van der Waals surface area contributed by atoms with E-state index in [1.54, 1.807) is 44.2 Å². The Morgan fingerprint density at radius 1 is 0.534 bits per heavy atom. The smallest absolute Gasteiger partial charge is 0.328 e. The number of carboxylic acid groups (broad SMARTS) is 1. The average molecular weight is 1050 g/mol. The lowest BCUT2D eigenvalue weighted by atomic mass is 10.00. The van der Waals surface area contributed by atoms with Gasteiger partial charge in [0.05, 0.1) is 12.1 Å².